The van der Waals surface area contributed by atoms with Crippen molar-refractivity contribution in [2.24, 2.45) is 0 Å². The molecule has 0 fully saturated rings. The second-order valence-electron chi connectivity index (χ2n) is 3.62. The van der Waals surface area contributed by atoms with Gasteiger partial charge < -0.3 is 4.74 Å². The summed E-state index contributed by atoms with van der Waals surface area (Å²) in [6.07, 6.45) is -4.60. The number of aldehydes is 1. The van der Waals surface area contributed by atoms with Crippen molar-refractivity contribution in [1.82, 2.24) is 0 Å². The number of carbonyl (C=O) groups is 1. The summed E-state index contributed by atoms with van der Waals surface area (Å²) in [5, 5.41) is 0. The van der Waals surface area contributed by atoms with Crippen molar-refractivity contribution < 1.29 is 22.7 Å². The van der Waals surface area contributed by atoms with Crippen LogP contribution < -0.4 is 4.74 Å². The van der Waals surface area contributed by atoms with E-state index in [0.717, 1.165) is 0 Å². The van der Waals surface area contributed by atoms with Crippen LogP contribution in [0.25, 0.3) is 0 Å². The number of rotatable bonds is 1. The first kappa shape index (κ1) is 13.6. The number of alkyl halides is 3. The standard InChI is InChI=1S/C11H5Br2F3O2/c12-7-2-5-1-6(4-17)10(11(14,15)16)18-9(5)8(13)3-7/h2-4H,1H2. The Morgan fingerprint density at radius 1 is 1.28 bits per heavy atom. The second-order valence-corrected chi connectivity index (χ2v) is 5.39. The predicted octanol–water partition coefficient (Wildman–Crippen LogP) is 4.16. The summed E-state index contributed by atoms with van der Waals surface area (Å²) in [7, 11) is 0. The van der Waals surface area contributed by atoms with Crippen LogP contribution in [0.1, 0.15) is 5.56 Å². The minimum Gasteiger partial charge on any atom is -0.450 e. The van der Waals surface area contributed by atoms with Crippen molar-refractivity contribution in [3.8, 4) is 5.75 Å². The molecule has 0 spiro atoms. The van der Waals surface area contributed by atoms with E-state index in [9.17, 15) is 18.0 Å². The summed E-state index contributed by atoms with van der Waals surface area (Å²) in [6, 6.07) is 3.20. The molecule has 7 heteroatoms. The van der Waals surface area contributed by atoms with E-state index in [2.05, 4.69) is 31.9 Å². The van der Waals surface area contributed by atoms with E-state index in [4.69, 9.17) is 4.74 Å². The van der Waals surface area contributed by atoms with Gasteiger partial charge in [0.05, 0.1) is 4.47 Å². The van der Waals surface area contributed by atoms with Gasteiger partial charge in [-0.05, 0) is 28.1 Å². The molecule has 96 valence electrons. The highest BCUT2D eigenvalue weighted by Crippen LogP contribution is 2.42. The number of halogens is 5. The van der Waals surface area contributed by atoms with Crippen LogP contribution in [0.15, 0.2) is 32.4 Å². The zero-order chi connectivity index (χ0) is 13.5. The Kier molecular flexibility index (Phi) is 3.55. The van der Waals surface area contributed by atoms with E-state index in [1.54, 1.807) is 12.1 Å². The topological polar surface area (TPSA) is 26.3 Å². The zero-order valence-electron chi connectivity index (χ0n) is 8.65. The minimum atomic E-state index is -4.68. The molecule has 0 saturated heterocycles. The Morgan fingerprint density at radius 3 is 2.50 bits per heavy atom. The van der Waals surface area contributed by atoms with Gasteiger partial charge in [-0.2, -0.15) is 13.2 Å². The van der Waals surface area contributed by atoms with Crippen molar-refractivity contribution in [2.45, 2.75) is 12.6 Å². The molecule has 1 aliphatic heterocycles. The Hall–Kier alpha value is -0.820. The maximum Gasteiger partial charge on any atom is 0.449 e. The van der Waals surface area contributed by atoms with Gasteiger partial charge in [0.25, 0.3) is 0 Å². The molecule has 0 N–H and O–H groups in total. The number of allylic oxidation sites excluding steroid dienone is 2. The molecule has 0 bridgehead atoms. The smallest absolute Gasteiger partial charge is 0.449 e. The molecule has 2 nitrogen and oxygen atoms in total. The molecule has 0 aromatic heterocycles. The fraction of sp³-hybridized carbons (Fsp3) is 0.182. The van der Waals surface area contributed by atoms with Gasteiger partial charge in [0, 0.05) is 22.0 Å². The lowest BCUT2D eigenvalue weighted by Crippen LogP contribution is -2.24. The lowest BCUT2D eigenvalue weighted by atomic mass is 10.0. The maximum atomic E-state index is 12.7. The van der Waals surface area contributed by atoms with Gasteiger partial charge in [0.1, 0.15) is 12.0 Å². The largest absolute Gasteiger partial charge is 0.450 e. The summed E-state index contributed by atoms with van der Waals surface area (Å²) in [4.78, 5) is 10.7. The summed E-state index contributed by atoms with van der Waals surface area (Å²) in [5.74, 6) is -1.15. The van der Waals surface area contributed by atoms with Gasteiger partial charge in [-0.3, -0.25) is 4.79 Å². The van der Waals surface area contributed by atoms with Crippen LogP contribution >= 0.6 is 31.9 Å². The van der Waals surface area contributed by atoms with Crippen molar-refractivity contribution >= 4 is 38.1 Å². The number of ether oxygens (including phenoxy) is 1. The molecule has 0 atom stereocenters. The van der Waals surface area contributed by atoms with Crippen LogP contribution in [0.4, 0.5) is 13.2 Å². The lowest BCUT2D eigenvalue weighted by molar-refractivity contribution is -0.121. The molecule has 1 aromatic rings. The van der Waals surface area contributed by atoms with E-state index in [1.807, 2.05) is 0 Å². The Bertz CT molecular complexity index is 550. The van der Waals surface area contributed by atoms with E-state index in [0.29, 0.717) is 14.5 Å². The first-order valence-corrected chi connectivity index (χ1v) is 6.33. The molecule has 18 heavy (non-hydrogen) atoms. The molecule has 0 radical (unpaired) electrons. The fourth-order valence-electron chi connectivity index (χ4n) is 1.65. The fourth-order valence-corrected chi connectivity index (χ4v) is 3.04. The van der Waals surface area contributed by atoms with Crippen molar-refractivity contribution in [1.29, 1.82) is 0 Å². The van der Waals surface area contributed by atoms with Crippen molar-refractivity contribution in [3.05, 3.63) is 38.0 Å². The Morgan fingerprint density at radius 2 is 1.94 bits per heavy atom. The Balaban J connectivity index is 2.55. The van der Waals surface area contributed by atoms with Crippen LogP contribution in [0.2, 0.25) is 0 Å². The van der Waals surface area contributed by atoms with Crippen LogP contribution in [-0.2, 0) is 11.2 Å². The second kappa shape index (κ2) is 4.70. The zero-order valence-corrected chi connectivity index (χ0v) is 11.8. The predicted molar refractivity (Wildman–Crippen MR) is 65.3 cm³/mol. The van der Waals surface area contributed by atoms with E-state index < -0.39 is 17.5 Å². The average molecular weight is 386 g/mol. The number of fused-ring (bicyclic) bond motifs is 1. The molecule has 1 heterocycles. The number of hydrogen-bond acceptors (Lipinski definition) is 2. The number of hydrogen-bond donors (Lipinski definition) is 0. The van der Waals surface area contributed by atoms with Crippen molar-refractivity contribution in [2.75, 3.05) is 0 Å². The molecule has 1 aromatic carbocycles. The Labute approximate surface area is 117 Å². The van der Waals surface area contributed by atoms with Crippen LogP contribution in [0.5, 0.6) is 5.75 Å². The molecule has 2 rings (SSSR count). The van der Waals surface area contributed by atoms with Gasteiger partial charge in [-0.25, -0.2) is 0 Å². The summed E-state index contributed by atoms with van der Waals surface area (Å²) in [5.41, 5.74) is 0.117. The third-order valence-electron chi connectivity index (χ3n) is 2.36. The summed E-state index contributed by atoms with van der Waals surface area (Å²) >= 11 is 6.36. The van der Waals surface area contributed by atoms with Gasteiger partial charge in [-0.15, -0.1) is 0 Å². The number of benzene rings is 1. The quantitative estimate of drug-likeness (QED) is 0.678. The lowest BCUT2D eigenvalue weighted by Gasteiger charge is -2.23. The van der Waals surface area contributed by atoms with Crippen LogP contribution in [0, 0.1) is 0 Å². The average Bonchev–Trinajstić information content (AvgIpc) is 2.25. The monoisotopic (exact) mass is 384 g/mol. The molecule has 0 unspecified atom stereocenters. The van der Waals surface area contributed by atoms with Gasteiger partial charge >= 0.3 is 6.18 Å². The van der Waals surface area contributed by atoms with E-state index in [1.165, 1.54) is 0 Å². The van der Waals surface area contributed by atoms with E-state index >= 15 is 0 Å². The third kappa shape index (κ3) is 2.47. The van der Waals surface area contributed by atoms with E-state index in [-0.39, 0.29) is 18.5 Å². The summed E-state index contributed by atoms with van der Waals surface area (Å²) < 4.78 is 44.1. The normalized spacial score (nSPS) is 15.2. The van der Waals surface area contributed by atoms with Gasteiger partial charge in [0.15, 0.2) is 0 Å². The van der Waals surface area contributed by atoms with Crippen LogP contribution in [0.3, 0.4) is 0 Å². The van der Waals surface area contributed by atoms with Crippen molar-refractivity contribution in [3.63, 3.8) is 0 Å². The molecule has 1 aliphatic rings. The first-order valence-electron chi connectivity index (χ1n) is 4.74. The highest BCUT2D eigenvalue weighted by atomic mass is 79.9. The van der Waals surface area contributed by atoms with Gasteiger partial charge in [0.2, 0.25) is 5.76 Å². The SMILES string of the molecule is O=CC1=C(C(F)(F)F)Oc2c(Br)cc(Br)cc2C1. The highest BCUT2D eigenvalue weighted by molar-refractivity contribution is 9.11. The first-order chi connectivity index (χ1) is 8.32. The molecule has 0 saturated carbocycles. The molecule has 0 aliphatic carbocycles. The molecular formula is C11H5Br2F3O2. The summed E-state index contributed by atoms with van der Waals surface area (Å²) in [6.45, 7) is 0. The minimum absolute atomic E-state index is 0.0936. The van der Waals surface area contributed by atoms with Gasteiger partial charge in [-0.1, -0.05) is 15.9 Å². The third-order valence-corrected chi connectivity index (χ3v) is 3.41. The molecular weight excluding hydrogens is 381 g/mol. The highest BCUT2D eigenvalue weighted by Gasteiger charge is 2.41. The number of carbonyl (C=O) groups excluding carboxylic acids is 1. The maximum absolute atomic E-state index is 12.7. The molecule has 0 amide bonds. The van der Waals surface area contributed by atoms with Crippen LogP contribution in [-0.4, -0.2) is 12.5 Å².